The Morgan fingerprint density at radius 3 is 2.72 bits per heavy atom. The summed E-state index contributed by atoms with van der Waals surface area (Å²) < 4.78 is 6.86. The fourth-order valence-corrected chi connectivity index (χ4v) is 2.67. The molecule has 0 spiro atoms. The normalized spacial score (nSPS) is 12.4. The largest absolute Gasteiger partial charge is 0.474 e. The third-order valence-electron chi connectivity index (χ3n) is 4.00. The van der Waals surface area contributed by atoms with E-state index in [0.29, 0.717) is 5.88 Å². The van der Waals surface area contributed by atoms with Gasteiger partial charge in [0.2, 0.25) is 5.88 Å². The summed E-state index contributed by atoms with van der Waals surface area (Å²) in [5.74, 6) is 0.626. The number of pyridine rings is 1. The molecule has 0 fully saturated rings. The first-order valence-corrected chi connectivity index (χ1v) is 9.41. The SMILES string of the molecule is CCN(C)/C=N/c1cc(Br)c(OC(C)CCc2ccccc2)nc1C. The average molecular weight is 404 g/mol. The molecule has 0 amide bonds. The van der Waals surface area contributed by atoms with Crippen LogP contribution in [0.3, 0.4) is 0 Å². The lowest BCUT2D eigenvalue weighted by atomic mass is 10.1. The molecule has 5 heteroatoms. The van der Waals surface area contributed by atoms with Gasteiger partial charge in [-0.05, 0) is 61.2 Å². The average Bonchev–Trinajstić information content (AvgIpc) is 2.62. The first-order chi connectivity index (χ1) is 12.0. The first-order valence-electron chi connectivity index (χ1n) is 8.61. The topological polar surface area (TPSA) is 37.7 Å². The quantitative estimate of drug-likeness (QED) is 0.450. The van der Waals surface area contributed by atoms with Crippen molar-refractivity contribution >= 4 is 28.0 Å². The lowest BCUT2D eigenvalue weighted by Gasteiger charge is -2.16. The summed E-state index contributed by atoms with van der Waals surface area (Å²) in [6.45, 7) is 7.03. The van der Waals surface area contributed by atoms with Crippen LogP contribution in [0.25, 0.3) is 0 Å². The van der Waals surface area contributed by atoms with E-state index < -0.39 is 0 Å². The van der Waals surface area contributed by atoms with Crippen LogP contribution >= 0.6 is 15.9 Å². The molecule has 0 aliphatic rings. The zero-order valence-electron chi connectivity index (χ0n) is 15.4. The van der Waals surface area contributed by atoms with Crippen molar-refractivity contribution in [1.29, 1.82) is 0 Å². The summed E-state index contributed by atoms with van der Waals surface area (Å²) in [5, 5.41) is 0. The molecule has 0 saturated heterocycles. The Hall–Kier alpha value is -1.88. The maximum Gasteiger partial charge on any atom is 0.228 e. The number of hydrogen-bond acceptors (Lipinski definition) is 3. The highest BCUT2D eigenvalue weighted by atomic mass is 79.9. The molecule has 0 bridgehead atoms. The van der Waals surface area contributed by atoms with E-state index >= 15 is 0 Å². The zero-order valence-corrected chi connectivity index (χ0v) is 17.0. The lowest BCUT2D eigenvalue weighted by molar-refractivity contribution is 0.201. The van der Waals surface area contributed by atoms with E-state index in [1.165, 1.54) is 5.56 Å². The van der Waals surface area contributed by atoms with Gasteiger partial charge in [-0.15, -0.1) is 0 Å². The van der Waals surface area contributed by atoms with Gasteiger partial charge in [0.15, 0.2) is 0 Å². The van der Waals surface area contributed by atoms with Gasteiger partial charge in [0, 0.05) is 13.6 Å². The summed E-state index contributed by atoms with van der Waals surface area (Å²) in [5.41, 5.74) is 3.02. The monoisotopic (exact) mass is 403 g/mol. The number of ether oxygens (including phenoxy) is 1. The molecule has 1 atom stereocenters. The van der Waals surface area contributed by atoms with E-state index in [4.69, 9.17) is 4.74 Å². The van der Waals surface area contributed by atoms with Gasteiger partial charge in [-0.25, -0.2) is 9.98 Å². The molecule has 0 aliphatic heterocycles. The van der Waals surface area contributed by atoms with Crippen LogP contribution in [0, 0.1) is 6.92 Å². The van der Waals surface area contributed by atoms with E-state index in [0.717, 1.165) is 35.2 Å². The molecule has 25 heavy (non-hydrogen) atoms. The Balaban J connectivity index is 1.99. The minimum atomic E-state index is 0.0870. The first kappa shape index (κ1) is 19.4. The van der Waals surface area contributed by atoms with Crippen molar-refractivity contribution in [2.45, 2.75) is 39.7 Å². The number of aliphatic imine (C=N–C) groups is 1. The number of hydrogen-bond donors (Lipinski definition) is 0. The second kappa shape index (κ2) is 9.56. The molecule has 1 aromatic heterocycles. The van der Waals surface area contributed by atoms with Crippen LogP contribution in [0.15, 0.2) is 45.9 Å². The van der Waals surface area contributed by atoms with Gasteiger partial charge in [0.1, 0.15) is 0 Å². The molecule has 0 N–H and O–H groups in total. The van der Waals surface area contributed by atoms with Crippen molar-refractivity contribution in [3.63, 3.8) is 0 Å². The smallest absolute Gasteiger partial charge is 0.228 e. The molecule has 4 nitrogen and oxygen atoms in total. The summed E-state index contributed by atoms with van der Waals surface area (Å²) in [6, 6.07) is 12.4. The van der Waals surface area contributed by atoms with Gasteiger partial charge < -0.3 is 9.64 Å². The van der Waals surface area contributed by atoms with Crippen molar-refractivity contribution in [1.82, 2.24) is 9.88 Å². The van der Waals surface area contributed by atoms with Gasteiger partial charge in [-0.3, -0.25) is 0 Å². The Morgan fingerprint density at radius 1 is 1.32 bits per heavy atom. The molecule has 0 aliphatic carbocycles. The van der Waals surface area contributed by atoms with Gasteiger partial charge in [0.05, 0.1) is 28.3 Å². The minimum Gasteiger partial charge on any atom is -0.474 e. The fraction of sp³-hybridized carbons (Fsp3) is 0.400. The summed E-state index contributed by atoms with van der Waals surface area (Å²) in [6.07, 6.45) is 3.84. The molecule has 134 valence electrons. The predicted octanol–water partition coefficient (Wildman–Crippen LogP) is 5.16. The highest BCUT2D eigenvalue weighted by Gasteiger charge is 2.12. The molecule has 0 radical (unpaired) electrons. The molecule has 0 saturated carbocycles. The van der Waals surface area contributed by atoms with Gasteiger partial charge in [-0.1, -0.05) is 30.3 Å². The third-order valence-corrected chi connectivity index (χ3v) is 4.56. The number of aryl methyl sites for hydroxylation is 2. The number of nitrogens with zero attached hydrogens (tertiary/aromatic N) is 3. The van der Waals surface area contributed by atoms with Crippen LogP contribution in [0.4, 0.5) is 5.69 Å². The van der Waals surface area contributed by atoms with Crippen LogP contribution in [-0.2, 0) is 6.42 Å². The Bertz CT molecular complexity index is 704. The van der Waals surface area contributed by atoms with Crippen LogP contribution in [0.5, 0.6) is 5.88 Å². The van der Waals surface area contributed by atoms with Crippen molar-refractivity contribution in [3.05, 3.63) is 52.1 Å². The maximum absolute atomic E-state index is 6.03. The highest BCUT2D eigenvalue weighted by molar-refractivity contribution is 9.10. The van der Waals surface area contributed by atoms with Gasteiger partial charge in [-0.2, -0.15) is 0 Å². The second-order valence-corrected chi connectivity index (χ2v) is 7.00. The number of benzene rings is 1. The molecular weight excluding hydrogens is 378 g/mol. The van der Waals surface area contributed by atoms with Crippen molar-refractivity contribution in [2.24, 2.45) is 4.99 Å². The highest BCUT2D eigenvalue weighted by Crippen LogP contribution is 2.30. The standard InChI is InChI=1S/C20H26BrN3O/c1-5-24(4)14-22-19-13-18(21)20(23-16(19)3)25-15(2)11-12-17-9-7-6-8-10-17/h6-10,13-15H,5,11-12H2,1-4H3/b22-14+. The van der Waals surface area contributed by atoms with E-state index in [9.17, 15) is 0 Å². The number of rotatable bonds is 8. The van der Waals surface area contributed by atoms with Crippen LogP contribution in [-0.4, -0.2) is 35.9 Å². The van der Waals surface area contributed by atoms with Gasteiger partial charge in [0.25, 0.3) is 0 Å². The number of halogens is 1. The van der Waals surface area contributed by atoms with Crippen molar-refractivity contribution < 1.29 is 4.74 Å². The minimum absolute atomic E-state index is 0.0870. The van der Waals surface area contributed by atoms with Gasteiger partial charge >= 0.3 is 0 Å². The molecule has 1 heterocycles. The Kier molecular flexibility index (Phi) is 7.44. The van der Waals surface area contributed by atoms with Crippen LogP contribution in [0.1, 0.15) is 31.5 Å². The maximum atomic E-state index is 6.03. The summed E-state index contributed by atoms with van der Waals surface area (Å²) in [4.78, 5) is 11.1. The third kappa shape index (κ3) is 6.16. The predicted molar refractivity (Wildman–Crippen MR) is 108 cm³/mol. The summed E-state index contributed by atoms with van der Waals surface area (Å²) >= 11 is 3.55. The fourth-order valence-electron chi connectivity index (χ4n) is 2.27. The van der Waals surface area contributed by atoms with E-state index in [2.05, 4.69) is 64.0 Å². The molecule has 2 aromatic rings. The summed E-state index contributed by atoms with van der Waals surface area (Å²) in [7, 11) is 1.99. The van der Waals surface area contributed by atoms with E-state index in [1.54, 1.807) is 0 Å². The second-order valence-electron chi connectivity index (χ2n) is 6.15. The zero-order chi connectivity index (χ0) is 18.2. The molecule has 2 rings (SSSR count). The van der Waals surface area contributed by atoms with Crippen molar-refractivity contribution in [3.8, 4) is 5.88 Å². The van der Waals surface area contributed by atoms with E-state index in [-0.39, 0.29) is 6.10 Å². The lowest BCUT2D eigenvalue weighted by Crippen LogP contribution is -2.15. The molecule has 1 unspecified atom stereocenters. The Morgan fingerprint density at radius 2 is 2.04 bits per heavy atom. The van der Waals surface area contributed by atoms with Crippen molar-refractivity contribution in [2.75, 3.05) is 13.6 Å². The van der Waals surface area contributed by atoms with Crippen LogP contribution in [0.2, 0.25) is 0 Å². The van der Waals surface area contributed by atoms with Crippen LogP contribution < -0.4 is 4.74 Å². The number of aromatic nitrogens is 1. The Labute approximate surface area is 159 Å². The van der Waals surface area contributed by atoms with E-state index in [1.807, 2.05) is 37.3 Å². The molecule has 1 aromatic carbocycles. The molecular formula is C20H26BrN3O.